The number of nitrogens with zero attached hydrogens (tertiary/aromatic N) is 2. The Kier molecular flexibility index (Phi) is 6.80. The van der Waals surface area contributed by atoms with Gasteiger partial charge >= 0.3 is 0 Å². The van der Waals surface area contributed by atoms with E-state index in [-0.39, 0.29) is 11.8 Å². The lowest BCUT2D eigenvalue weighted by Gasteiger charge is -2.31. The maximum absolute atomic E-state index is 13.2. The van der Waals surface area contributed by atoms with Crippen LogP contribution in [0.15, 0.2) is 39.9 Å². The normalized spacial score (nSPS) is 15.7. The van der Waals surface area contributed by atoms with Crippen LogP contribution in [-0.2, 0) is 21.4 Å². The molecule has 0 saturated carbocycles. The maximum atomic E-state index is 13.2. The van der Waals surface area contributed by atoms with Crippen LogP contribution in [0.3, 0.4) is 0 Å². The van der Waals surface area contributed by atoms with Crippen LogP contribution in [0, 0.1) is 26.7 Å². The predicted molar refractivity (Wildman–Crippen MR) is 129 cm³/mol. The molecule has 6 nitrogen and oxygen atoms in total. The Morgan fingerprint density at radius 3 is 2.53 bits per heavy atom. The van der Waals surface area contributed by atoms with E-state index in [0.29, 0.717) is 37.4 Å². The van der Waals surface area contributed by atoms with E-state index in [1.807, 2.05) is 49.7 Å². The van der Waals surface area contributed by atoms with Crippen molar-refractivity contribution in [3.05, 3.63) is 57.4 Å². The number of carbonyl (C=O) groups is 1. The third-order valence-corrected chi connectivity index (χ3v) is 9.93. The Balaban J connectivity index is 1.33. The summed E-state index contributed by atoms with van der Waals surface area (Å²) in [4.78, 5) is 18.8. The second kappa shape index (κ2) is 9.43. The number of thiophene rings is 1. The number of piperidine rings is 1. The van der Waals surface area contributed by atoms with E-state index in [1.165, 1.54) is 4.31 Å². The van der Waals surface area contributed by atoms with Crippen molar-refractivity contribution in [1.82, 2.24) is 14.6 Å². The summed E-state index contributed by atoms with van der Waals surface area (Å²) >= 11 is 3.22. The van der Waals surface area contributed by atoms with Crippen molar-refractivity contribution in [2.45, 2.75) is 45.1 Å². The third-order valence-electron chi connectivity index (χ3n) is 5.96. The number of aromatic nitrogens is 1. The molecule has 1 aliphatic rings. The SMILES string of the molecule is Cc1cc(C)c(S(=O)(=O)N2CCC(C(=O)NCc3csc(-c4cccs4)n3)CC2)cc1C. The molecule has 170 valence electrons. The van der Waals surface area contributed by atoms with Gasteiger partial charge in [0.1, 0.15) is 5.01 Å². The van der Waals surface area contributed by atoms with Crippen LogP contribution >= 0.6 is 22.7 Å². The fourth-order valence-electron chi connectivity index (χ4n) is 3.93. The number of rotatable bonds is 6. The zero-order chi connectivity index (χ0) is 22.9. The summed E-state index contributed by atoms with van der Waals surface area (Å²) in [5.74, 6) is -0.215. The number of hydrogen-bond acceptors (Lipinski definition) is 6. The van der Waals surface area contributed by atoms with E-state index in [4.69, 9.17) is 0 Å². The number of thiazole rings is 1. The first-order chi connectivity index (χ1) is 15.3. The molecule has 2 aromatic heterocycles. The molecular weight excluding hydrogens is 462 g/mol. The summed E-state index contributed by atoms with van der Waals surface area (Å²) in [5, 5.41) is 7.93. The molecule has 1 fully saturated rings. The highest BCUT2D eigenvalue weighted by Crippen LogP contribution is 2.29. The van der Waals surface area contributed by atoms with Gasteiger partial charge < -0.3 is 5.32 Å². The molecule has 3 aromatic rings. The van der Waals surface area contributed by atoms with E-state index in [1.54, 1.807) is 28.7 Å². The number of carbonyl (C=O) groups excluding carboxylic acids is 1. The minimum absolute atomic E-state index is 0.0323. The van der Waals surface area contributed by atoms with E-state index in [9.17, 15) is 13.2 Å². The molecule has 4 rings (SSSR count). The molecule has 0 spiro atoms. The van der Waals surface area contributed by atoms with Gasteiger partial charge in [0, 0.05) is 24.4 Å². The summed E-state index contributed by atoms with van der Waals surface area (Å²) in [7, 11) is -3.56. The van der Waals surface area contributed by atoms with Crippen LogP contribution in [0.5, 0.6) is 0 Å². The first kappa shape index (κ1) is 23.1. The van der Waals surface area contributed by atoms with Crippen molar-refractivity contribution < 1.29 is 13.2 Å². The second-order valence-electron chi connectivity index (χ2n) is 8.22. The summed E-state index contributed by atoms with van der Waals surface area (Å²) in [6.45, 7) is 6.84. The zero-order valence-electron chi connectivity index (χ0n) is 18.4. The molecule has 1 aliphatic heterocycles. The molecule has 1 amide bonds. The zero-order valence-corrected chi connectivity index (χ0v) is 20.9. The van der Waals surface area contributed by atoms with Gasteiger partial charge in [-0.25, -0.2) is 13.4 Å². The largest absolute Gasteiger partial charge is 0.350 e. The number of benzene rings is 1. The molecular formula is C23H27N3O3S3. The quantitative estimate of drug-likeness (QED) is 0.552. The van der Waals surface area contributed by atoms with Gasteiger partial charge in [0.2, 0.25) is 15.9 Å². The molecule has 1 N–H and O–H groups in total. The molecule has 0 aliphatic carbocycles. The summed E-state index contributed by atoms with van der Waals surface area (Å²) in [6.07, 6.45) is 1.04. The van der Waals surface area contributed by atoms with E-state index >= 15 is 0 Å². The van der Waals surface area contributed by atoms with Crippen LogP contribution in [0.1, 0.15) is 35.2 Å². The third kappa shape index (κ3) is 4.80. The standard InChI is InChI=1S/C23H27N3O3S3/c1-15-11-17(3)21(12-16(15)2)32(28,29)26-8-6-18(7-9-26)22(27)24-13-19-14-31-23(25-19)20-5-4-10-30-20/h4-5,10-12,14,18H,6-9,13H2,1-3H3,(H,24,27). The van der Waals surface area contributed by atoms with Crippen LogP contribution in [0.4, 0.5) is 0 Å². The number of hydrogen-bond donors (Lipinski definition) is 1. The lowest BCUT2D eigenvalue weighted by Crippen LogP contribution is -2.43. The van der Waals surface area contributed by atoms with E-state index in [0.717, 1.165) is 32.3 Å². The molecule has 1 aromatic carbocycles. The molecule has 0 radical (unpaired) electrons. The lowest BCUT2D eigenvalue weighted by atomic mass is 9.97. The van der Waals surface area contributed by atoms with Gasteiger partial charge in [-0.05, 0) is 67.8 Å². The monoisotopic (exact) mass is 489 g/mol. The molecule has 32 heavy (non-hydrogen) atoms. The molecule has 0 unspecified atom stereocenters. The highest BCUT2D eigenvalue weighted by atomic mass is 32.2. The average Bonchev–Trinajstić information content (AvgIpc) is 3.46. The first-order valence-electron chi connectivity index (χ1n) is 10.6. The van der Waals surface area contributed by atoms with Crippen molar-refractivity contribution >= 4 is 38.6 Å². The van der Waals surface area contributed by atoms with Crippen molar-refractivity contribution in [2.75, 3.05) is 13.1 Å². The van der Waals surface area contributed by atoms with Crippen LogP contribution in [-0.4, -0.2) is 36.7 Å². The number of nitrogens with one attached hydrogen (secondary N) is 1. The fraction of sp³-hybridized carbons (Fsp3) is 0.391. The number of sulfonamides is 1. The first-order valence-corrected chi connectivity index (χ1v) is 13.8. The van der Waals surface area contributed by atoms with E-state index in [2.05, 4.69) is 10.3 Å². The summed E-state index contributed by atoms with van der Waals surface area (Å²) < 4.78 is 27.9. The lowest BCUT2D eigenvalue weighted by molar-refractivity contribution is -0.126. The molecule has 0 atom stereocenters. The Hall–Kier alpha value is -2.07. The van der Waals surface area contributed by atoms with Gasteiger partial charge in [0.25, 0.3) is 0 Å². The summed E-state index contributed by atoms with van der Waals surface area (Å²) in [6, 6.07) is 7.71. The highest BCUT2D eigenvalue weighted by molar-refractivity contribution is 7.89. The van der Waals surface area contributed by atoms with Crippen molar-refractivity contribution in [3.63, 3.8) is 0 Å². The van der Waals surface area contributed by atoms with Gasteiger partial charge in [-0.3, -0.25) is 4.79 Å². The predicted octanol–water partition coefficient (Wildman–Crippen LogP) is 4.51. The van der Waals surface area contributed by atoms with Gasteiger partial charge in [0.15, 0.2) is 0 Å². The Morgan fingerprint density at radius 2 is 1.84 bits per heavy atom. The molecule has 1 saturated heterocycles. The minimum Gasteiger partial charge on any atom is -0.350 e. The van der Waals surface area contributed by atoms with Gasteiger partial charge in [0.05, 0.1) is 22.0 Å². The van der Waals surface area contributed by atoms with Crippen molar-refractivity contribution in [2.24, 2.45) is 5.92 Å². The maximum Gasteiger partial charge on any atom is 0.243 e. The van der Waals surface area contributed by atoms with Crippen molar-refractivity contribution in [3.8, 4) is 9.88 Å². The number of amides is 1. The van der Waals surface area contributed by atoms with Crippen LogP contribution in [0.2, 0.25) is 0 Å². The Labute approximate surface area is 197 Å². The van der Waals surface area contributed by atoms with Crippen LogP contribution in [0.25, 0.3) is 9.88 Å². The van der Waals surface area contributed by atoms with Gasteiger partial charge in [-0.1, -0.05) is 12.1 Å². The second-order valence-corrected chi connectivity index (χ2v) is 11.9. The smallest absolute Gasteiger partial charge is 0.243 e. The van der Waals surface area contributed by atoms with Gasteiger partial charge in [-0.2, -0.15) is 4.31 Å². The Morgan fingerprint density at radius 1 is 1.12 bits per heavy atom. The van der Waals surface area contributed by atoms with Crippen LogP contribution < -0.4 is 5.32 Å². The molecule has 9 heteroatoms. The molecule has 3 heterocycles. The van der Waals surface area contributed by atoms with Crippen molar-refractivity contribution in [1.29, 1.82) is 0 Å². The minimum atomic E-state index is -3.56. The van der Waals surface area contributed by atoms with Gasteiger partial charge in [-0.15, -0.1) is 22.7 Å². The fourth-order valence-corrected chi connectivity index (χ4v) is 7.33. The number of aryl methyl sites for hydroxylation is 3. The van der Waals surface area contributed by atoms with E-state index < -0.39 is 10.0 Å². The molecule has 0 bridgehead atoms. The Bertz CT molecular complexity index is 1210. The highest BCUT2D eigenvalue weighted by Gasteiger charge is 2.33. The topological polar surface area (TPSA) is 79.4 Å². The summed E-state index contributed by atoms with van der Waals surface area (Å²) in [5.41, 5.74) is 3.65. The average molecular weight is 490 g/mol.